The van der Waals surface area contributed by atoms with Gasteiger partial charge in [-0.25, -0.2) is 0 Å². The molecule has 18 heavy (non-hydrogen) atoms. The van der Waals surface area contributed by atoms with Gasteiger partial charge in [0, 0.05) is 13.0 Å². The van der Waals surface area contributed by atoms with Gasteiger partial charge < -0.3 is 15.2 Å². The van der Waals surface area contributed by atoms with Crippen LogP contribution in [-0.2, 0) is 17.6 Å². The van der Waals surface area contributed by atoms with E-state index >= 15 is 0 Å². The zero-order valence-corrected chi connectivity index (χ0v) is 11.4. The number of benzene rings is 1. The van der Waals surface area contributed by atoms with Gasteiger partial charge in [-0.3, -0.25) is 0 Å². The first-order valence-corrected chi connectivity index (χ1v) is 6.75. The summed E-state index contributed by atoms with van der Waals surface area (Å²) in [6.45, 7) is 6.29. The minimum atomic E-state index is -0.181. The van der Waals surface area contributed by atoms with E-state index in [1.807, 2.05) is 0 Å². The summed E-state index contributed by atoms with van der Waals surface area (Å²) in [5.41, 5.74) is 8.19. The fourth-order valence-corrected chi connectivity index (χ4v) is 2.12. The minimum absolute atomic E-state index is 0.181. The van der Waals surface area contributed by atoms with Crippen molar-refractivity contribution in [1.29, 1.82) is 0 Å². The lowest BCUT2D eigenvalue weighted by molar-refractivity contribution is -0.0257. The lowest BCUT2D eigenvalue weighted by atomic mass is 10.0. The average molecular weight is 249 g/mol. The first-order valence-electron chi connectivity index (χ1n) is 6.75. The van der Waals surface area contributed by atoms with Crippen molar-refractivity contribution in [2.75, 3.05) is 19.8 Å². The van der Waals surface area contributed by atoms with Crippen LogP contribution in [0.15, 0.2) is 18.2 Å². The minimum Gasteiger partial charge on any atom is -0.493 e. The number of nitrogens with two attached hydrogens (primary N) is 1. The molecular formula is C15H23NO2. The topological polar surface area (TPSA) is 44.5 Å². The zero-order valence-electron chi connectivity index (χ0n) is 11.4. The molecule has 0 radical (unpaired) electrons. The Morgan fingerprint density at radius 2 is 2.28 bits per heavy atom. The Bertz CT molecular complexity index is 399. The molecule has 1 aliphatic heterocycles. The van der Waals surface area contributed by atoms with E-state index in [1.54, 1.807) is 0 Å². The molecular weight excluding hydrogens is 226 g/mol. The van der Waals surface area contributed by atoms with E-state index in [1.165, 1.54) is 11.1 Å². The van der Waals surface area contributed by atoms with Crippen LogP contribution in [-0.4, -0.2) is 25.4 Å². The van der Waals surface area contributed by atoms with Gasteiger partial charge in [0.1, 0.15) is 5.75 Å². The van der Waals surface area contributed by atoms with Gasteiger partial charge in [-0.05, 0) is 37.0 Å². The van der Waals surface area contributed by atoms with E-state index in [4.69, 9.17) is 15.2 Å². The SMILES string of the molecule is CCC(C)(CN)OCCc1ccc2c(c1)CCO2. The quantitative estimate of drug-likeness (QED) is 0.841. The molecule has 1 aromatic carbocycles. The maximum absolute atomic E-state index is 5.89. The molecule has 1 atom stereocenters. The van der Waals surface area contributed by atoms with Crippen LogP contribution in [0.3, 0.4) is 0 Å². The summed E-state index contributed by atoms with van der Waals surface area (Å²) < 4.78 is 11.4. The van der Waals surface area contributed by atoms with E-state index in [0.717, 1.165) is 38.2 Å². The largest absolute Gasteiger partial charge is 0.493 e. The molecule has 3 nitrogen and oxygen atoms in total. The maximum atomic E-state index is 5.89. The highest BCUT2D eigenvalue weighted by atomic mass is 16.5. The Kier molecular flexibility index (Phi) is 4.25. The number of ether oxygens (including phenoxy) is 2. The van der Waals surface area contributed by atoms with Gasteiger partial charge in [0.15, 0.2) is 0 Å². The van der Waals surface area contributed by atoms with E-state index in [9.17, 15) is 0 Å². The molecule has 0 aromatic heterocycles. The molecule has 1 unspecified atom stereocenters. The zero-order chi connectivity index (χ0) is 13.0. The van der Waals surface area contributed by atoms with Crippen molar-refractivity contribution in [2.24, 2.45) is 5.73 Å². The molecule has 0 bridgehead atoms. The molecule has 0 amide bonds. The average Bonchev–Trinajstić information content (AvgIpc) is 2.86. The summed E-state index contributed by atoms with van der Waals surface area (Å²) in [6, 6.07) is 6.43. The smallest absolute Gasteiger partial charge is 0.122 e. The van der Waals surface area contributed by atoms with Gasteiger partial charge >= 0.3 is 0 Å². The fourth-order valence-electron chi connectivity index (χ4n) is 2.12. The van der Waals surface area contributed by atoms with Crippen LogP contribution in [0.2, 0.25) is 0 Å². The molecule has 0 fully saturated rings. The molecule has 3 heteroatoms. The molecule has 1 heterocycles. The predicted molar refractivity (Wildman–Crippen MR) is 73.0 cm³/mol. The predicted octanol–water partition coefficient (Wildman–Crippen LogP) is 2.31. The van der Waals surface area contributed by atoms with Crippen LogP contribution in [0.4, 0.5) is 0 Å². The normalized spacial score (nSPS) is 17.1. The van der Waals surface area contributed by atoms with Crippen molar-refractivity contribution in [2.45, 2.75) is 38.7 Å². The summed E-state index contributed by atoms with van der Waals surface area (Å²) in [4.78, 5) is 0. The molecule has 0 spiro atoms. The third kappa shape index (κ3) is 3.03. The molecule has 1 aliphatic rings. The summed E-state index contributed by atoms with van der Waals surface area (Å²) >= 11 is 0. The molecule has 0 aliphatic carbocycles. The van der Waals surface area contributed by atoms with Gasteiger partial charge in [0.05, 0.1) is 18.8 Å². The lowest BCUT2D eigenvalue weighted by Crippen LogP contribution is -2.37. The molecule has 0 saturated carbocycles. The second-order valence-corrected chi connectivity index (χ2v) is 5.15. The Labute approximate surface area is 109 Å². The fraction of sp³-hybridized carbons (Fsp3) is 0.600. The molecule has 2 N–H and O–H groups in total. The summed E-state index contributed by atoms with van der Waals surface area (Å²) in [5.74, 6) is 1.04. The second-order valence-electron chi connectivity index (χ2n) is 5.15. The van der Waals surface area contributed by atoms with Crippen molar-refractivity contribution in [1.82, 2.24) is 0 Å². The summed E-state index contributed by atoms with van der Waals surface area (Å²) in [5, 5.41) is 0. The highest BCUT2D eigenvalue weighted by Gasteiger charge is 2.20. The van der Waals surface area contributed by atoms with Crippen molar-refractivity contribution in [3.8, 4) is 5.75 Å². The van der Waals surface area contributed by atoms with Crippen LogP contribution in [0.1, 0.15) is 31.4 Å². The van der Waals surface area contributed by atoms with Crippen LogP contribution >= 0.6 is 0 Å². The summed E-state index contributed by atoms with van der Waals surface area (Å²) in [6.07, 6.45) is 2.91. The molecule has 0 saturated heterocycles. The van der Waals surface area contributed by atoms with E-state index in [-0.39, 0.29) is 5.60 Å². The van der Waals surface area contributed by atoms with Crippen LogP contribution < -0.4 is 10.5 Å². The monoisotopic (exact) mass is 249 g/mol. The molecule has 1 aromatic rings. The Morgan fingerprint density at radius 1 is 1.44 bits per heavy atom. The van der Waals surface area contributed by atoms with Crippen molar-refractivity contribution < 1.29 is 9.47 Å². The number of hydrogen-bond acceptors (Lipinski definition) is 3. The molecule has 2 rings (SSSR count). The third-order valence-corrected chi connectivity index (χ3v) is 3.77. The second kappa shape index (κ2) is 5.72. The first kappa shape index (κ1) is 13.4. The van der Waals surface area contributed by atoms with Crippen LogP contribution in [0, 0.1) is 0 Å². The first-order chi connectivity index (χ1) is 8.67. The van der Waals surface area contributed by atoms with Gasteiger partial charge in [0.25, 0.3) is 0 Å². The van der Waals surface area contributed by atoms with Crippen molar-refractivity contribution in [3.05, 3.63) is 29.3 Å². The standard InChI is InChI=1S/C15H23NO2/c1-3-15(2,11-16)18-9-6-12-4-5-14-13(10-12)7-8-17-14/h4-5,10H,3,6-9,11,16H2,1-2H3. The van der Waals surface area contributed by atoms with Gasteiger partial charge in [-0.1, -0.05) is 19.1 Å². The maximum Gasteiger partial charge on any atom is 0.122 e. The van der Waals surface area contributed by atoms with Crippen molar-refractivity contribution in [3.63, 3.8) is 0 Å². The third-order valence-electron chi connectivity index (χ3n) is 3.77. The highest BCUT2D eigenvalue weighted by molar-refractivity contribution is 5.39. The Hall–Kier alpha value is -1.06. The Balaban J connectivity index is 1.87. The summed E-state index contributed by atoms with van der Waals surface area (Å²) in [7, 11) is 0. The van der Waals surface area contributed by atoms with Gasteiger partial charge in [-0.15, -0.1) is 0 Å². The molecule has 100 valence electrons. The number of rotatable bonds is 6. The lowest BCUT2D eigenvalue weighted by Gasteiger charge is -2.26. The van der Waals surface area contributed by atoms with Crippen molar-refractivity contribution >= 4 is 0 Å². The Morgan fingerprint density at radius 3 is 3.00 bits per heavy atom. The van der Waals surface area contributed by atoms with Gasteiger partial charge in [-0.2, -0.15) is 0 Å². The number of hydrogen-bond donors (Lipinski definition) is 1. The van der Waals surface area contributed by atoms with E-state index in [2.05, 4.69) is 32.0 Å². The van der Waals surface area contributed by atoms with Crippen LogP contribution in [0.25, 0.3) is 0 Å². The number of fused-ring (bicyclic) bond motifs is 1. The van der Waals surface area contributed by atoms with E-state index < -0.39 is 0 Å². The highest BCUT2D eigenvalue weighted by Crippen LogP contribution is 2.26. The van der Waals surface area contributed by atoms with Gasteiger partial charge in [0.2, 0.25) is 0 Å². The van der Waals surface area contributed by atoms with Crippen LogP contribution in [0.5, 0.6) is 5.75 Å². The van der Waals surface area contributed by atoms with E-state index in [0.29, 0.717) is 6.54 Å².